The van der Waals surface area contributed by atoms with Crippen molar-refractivity contribution < 1.29 is 19.2 Å². The highest BCUT2D eigenvalue weighted by molar-refractivity contribution is 5.70. The molecule has 0 radical (unpaired) electrons. The van der Waals surface area contributed by atoms with Gasteiger partial charge >= 0.3 is 5.97 Å². The molecule has 0 bridgehead atoms. The van der Waals surface area contributed by atoms with E-state index < -0.39 is 10.9 Å². The minimum Gasteiger partial charge on any atom is -0.467 e. The van der Waals surface area contributed by atoms with Crippen LogP contribution in [-0.4, -0.2) is 37.8 Å². The first-order valence-electron chi connectivity index (χ1n) is 3.43. The van der Waals surface area contributed by atoms with E-state index in [1.807, 2.05) is 0 Å². The third-order valence-electron chi connectivity index (χ3n) is 1.08. The second-order valence-electron chi connectivity index (χ2n) is 2.04. The lowest BCUT2D eigenvalue weighted by Crippen LogP contribution is -2.12. The molecule has 0 saturated carbocycles. The van der Waals surface area contributed by atoms with Crippen molar-refractivity contribution in [3.8, 4) is 0 Å². The number of hydrogen-bond acceptors (Lipinski definition) is 5. The van der Waals surface area contributed by atoms with E-state index in [9.17, 15) is 14.9 Å². The van der Waals surface area contributed by atoms with Crippen LogP contribution in [0, 0.1) is 10.1 Å². The molecule has 0 aliphatic heterocycles. The summed E-state index contributed by atoms with van der Waals surface area (Å²) in [5.74, 6) is -0.476. The number of hydrogen-bond donors (Lipinski definition) is 0. The van der Waals surface area contributed by atoms with Gasteiger partial charge in [-0.1, -0.05) is 0 Å². The number of nitro groups is 1. The van der Waals surface area contributed by atoms with Crippen LogP contribution in [0.5, 0.6) is 0 Å². The molecule has 6 heteroatoms. The molecule has 6 nitrogen and oxygen atoms in total. The Labute approximate surface area is 69.6 Å². The van der Waals surface area contributed by atoms with Gasteiger partial charge in [-0.05, 0) is 0 Å². The molecular formula is C6H11NO5. The summed E-state index contributed by atoms with van der Waals surface area (Å²) in [5.41, 5.74) is 0. The van der Waals surface area contributed by atoms with Crippen LogP contribution >= 0.6 is 0 Å². The number of carbonyl (C=O) groups excluding carboxylic acids is 1. The number of nitrogens with zero attached hydrogens (tertiary/aromatic N) is 1. The lowest BCUT2D eigenvalue weighted by atomic mass is 10.5. The summed E-state index contributed by atoms with van der Waals surface area (Å²) in [6.45, 7) is -0.0779. The molecule has 70 valence electrons. The van der Waals surface area contributed by atoms with Crippen molar-refractivity contribution in [1.82, 2.24) is 0 Å². The van der Waals surface area contributed by atoms with Crippen LogP contribution in [0.15, 0.2) is 0 Å². The molecule has 0 aliphatic carbocycles. The zero-order valence-electron chi connectivity index (χ0n) is 6.82. The van der Waals surface area contributed by atoms with Crippen molar-refractivity contribution in [1.29, 1.82) is 0 Å². The highest BCUT2D eigenvalue weighted by Crippen LogP contribution is 1.84. The van der Waals surface area contributed by atoms with Crippen molar-refractivity contribution in [3.05, 3.63) is 10.1 Å². The van der Waals surface area contributed by atoms with Gasteiger partial charge < -0.3 is 9.47 Å². The summed E-state index contributed by atoms with van der Waals surface area (Å²) in [5, 5.41) is 9.81. The molecule has 0 rings (SSSR count). The fourth-order valence-corrected chi connectivity index (χ4v) is 0.510. The van der Waals surface area contributed by atoms with E-state index in [1.54, 1.807) is 0 Å². The van der Waals surface area contributed by atoms with Crippen LogP contribution in [0.3, 0.4) is 0 Å². The maximum atomic E-state index is 10.4. The van der Waals surface area contributed by atoms with Crippen LogP contribution in [0.1, 0.15) is 6.42 Å². The van der Waals surface area contributed by atoms with Crippen molar-refractivity contribution in [3.63, 3.8) is 0 Å². The summed E-state index contributed by atoms with van der Waals surface area (Å²) >= 11 is 0. The third kappa shape index (κ3) is 6.94. The van der Waals surface area contributed by atoms with Gasteiger partial charge in [0.15, 0.2) is 0 Å². The number of carbonyl (C=O) groups is 1. The van der Waals surface area contributed by atoms with Gasteiger partial charge in [-0.15, -0.1) is 0 Å². The van der Waals surface area contributed by atoms with Gasteiger partial charge in [0, 0.05) is 11.3 Å². The molecule has 0 aliphatic rings. The molecule has 0 aromatic heterocycles. The van der Waals surface area contributed by atoms with Gasteiger partial charge in [0.1, 0.15) is 6.61 Å². The van der Waals surface area contributed by atoms with Crippen molar-refractivity contribution in [2.45, 2.75) is 6.42 Å². The van der Waals surface area contributed by atoms with E-state index in [4.69, 9.17) is 4.74 Å². The summed E-state index contributed by atoms with van der Waals surface area (Å²) < 4.78 is 9.04. The third-order valence-corrected chi connectivity index (χ3v) is 1.08. The largest absolute Gasteiger partial charge is 0.467 e. The normalized spacial score (nSPS) is 9.42. The molecule has 0 aromatic rings. The number of esters is 1. The van der Waals surface area contributed by atoms with Gasteiger partial charge in [0.25, 0.3) is 0 Å². The minimum atomic E-state index is -0.476. The number of ether oxygens (including phenoxy) is 2. The van der Waals surface area contributed by atoms with E-state index >= 15 is 0 Å². The predicted octanol–water partition coefficient (Wildman–Crippen LogP) is -0.157. The SMILES string of the molecule is COC(=O)COCCC[N+](=O)[O-]. The van der Waals surface area contributed by atoms with Crippen molar-refractivity contribution in [2.24, 2.45) is 0 Å². The van der Waals surface area contributed by atoms with E-state index in [0.717, 1.165) is 0 Å². The van der Waals surface area contributed by atoms with E-state index in [-0.39, 0.29) is 19.8 Å². The molecule has 0 spiro atoms. The van der Waals surface area contributed by atoms with Crippen molar-refractivity contribution >= 4 is 5.97 Å². The van der Waals surface area contributed by atoms with Crippen LogP contribution in [0.25, 0.3) is 0 Å². The Hall–Kier alpha value is -1.17. The number of rotatable bonds is 6. The Morgan fingerprint density at radius 2 is 2.25 bits per heavy atom. The lowest BCUT2D eigenvalue weighted by Gasteiger charge is -1.99. The monoisotopic (exact) mass is 177 g/mol. The molecule has 0 N–H and O–H groups in total. The van der Waals surface area contributed by atoms with E-state index in [0.29, 0.717) is 6.42 Å². The zero-order valence-corrected chi connectivity index (χ0v) is 6.82. The average Bonchev–Trinajstić information content (AvgIpc) is 2.03. The molecule has 0 unspecified atom stereocenters. The van der Waals surface area contributed by atoms with Gasteiger partial charge in [-0.3, -0.25) is 10.1 Å². The van der Waals surface area contributed by atoms with Gasteiger partial charge in [-0.2, -0.15) is 0 Å². The Bertz CT molecular complexity index is 158. The predicted molar refractivity (Wildman–Crippen MR) is 39.3 cm³/mol. The van der Waals surface area contributed by atoms with Crippen LogP contribution < -0.4 is 0 Å². The number of methoxy groups -OCH3 is 1. The van der Waals surface area contributed by atoms with Gasteiger partial charge in [-0.25, -0.2) is 4.79 Å². The van der Waals surface area contributed by atoms with Gasteiger partial charge in [0.2, 0.25) is 6.54 Å². The Balaban J connectivity index is 3.11. The molecular weight excluding hydrogens is 166 g/mol. The highest BCUT2D eigenvalue weighted by Gasteiger charge is 2.00. The first-order chi connectivity index (χ1) is 5.66. The standard InChI is InChI=1S/C6H11NO5/c1-11-6(8)5-12-4-2-3-7(9)10/h2-5H2,1H3. The zero-order chi connectivity index (χ0) is 9.40. The molecule has 0 aromatic carbocycles. The lowest BCUT2D eigenvalue weighted by molar-refractivity contribution is -0.480. The first-order valence-corrected chi connectivity index (χ1v) is 3.43. The molecule has 0 heterocycles. The fraction of sp³-hybridized carbons (Fsp3) is 0.833. The molecule has 0 amide bonds. The Kier molecular flexibility index (Phi) is 5.90. The Morgan fingerprint density at radius 1 is 1.58 bits per heavy atom. The molecule has 0 atom stereocenters. The van der Waals surface area contributed by atoms with Gasteiger partial charge in [0.05, 0.1) is 13.7 Å². The quantitative estimate of drug-likeness (QED) is 0.244. The summed E-state index contributed by atoms with van der Waals surface area (Å²) in [4.78, 5) is 19.8. The average molecular weight is 177 g/mol. The van der Waals surface area contributed by atoms with Crippen LogP contribution in [0.4, 0.5) is 0 Å². The van der Waals surface area contributed by atoms with Crippen LogP contribution in [-0.2, 0) is 14.3 Å². The molecule has 0 fully saturated rings. The molecule has 12 heavy (non-hydrogen) atoms. The fourth-order valence-electron chi connectivity index (χ4n) is 0.510. The summed E-state index contributed by atoms with van der Waals surface area (Å²) in [7, 11) is 1.25. The first kappa shape index (κ1) is 10.8. The molecule has 0 saturated heterocycles. The Morgan fingerprint density at radius 3 is 2.75 bits per heavy atom. The van der Waals surface area contributed by atoms with Crippen molar-refractivity contribution in [2.75, 3.05) is 26.9 Å². The summed E-state index contributed by atoms with van der Waals surface area (Å²) in [6, 6.07) is 0. The summed E-state index contributed by atoms with van der Waals surface area (Å²) in [6.07, 6.45) is 0.310. The smallest absolute Gasteiger partial charge is 0.331 e. The van der Waals surface area contributed by atoms with E-state index in [1.165, 1.54) is 7.11 Å². The van der Waals surface area contributed by atoms with Crippen LogP contribution in [0.2, 0.25) is 0 Å². The second kappa shape index (κ2) is 6.53. The highest BCUT2D eigenvalue weighted by atomic mass is 16.6. The topological polar surface area (TPSA) is 78.7 Å². The maximum absolute atomic E-state index is 10.4. The maximum Gasteiger partial charge on any atom is 0.331 e. The second-order valence-corrected chi connectivity index (χ2v) is 2.04. The minimum absolute atomic E-state index is 0.138. The van der Waals surface area contributed by atoms with E-state index in [2.05, 4.69) is 4.74 Å².